The number of hydrogen-bond donors (Lipinski definition) is 2. The molecule has 0 fully saturated rings. The van der Waals surface area contributed by atoms with E-state index in [0.29, 0.717) is 12.6 Å². The monoisotopic (exact) mass is 416 g/mol. The number of aromatic nitrogens is 1. The topological polar surface area (TPSA) is 62.2 Å². The summed E-state index contributed by atoms with van der Waals surface area (Å²) in [6, 6.07) is 7.70. The summed E-state index contributed by atoms with van der Waals surface area (Å²) in [6.07, 6.45) is 1.21. The minimum absolute atomic E-state index is 0.208. The van der Waals surface area contributed by atoms with Crippen molar-refractivity contribution in [3.8, 4) is 0 Å². The van der Waals surface area contributed by atoms with Crippen LogP contribution in [0.1, 0.15) is 23.7 Å². The third kappa shape index (κ3) is 2.19. The van der Waals surface area contributed by atoms with Gasteiger partial charge in [-0.2, -0.15) is 8.78 Å². The maximum Gasteiger partial charge on any atom is 0.287 e. The Hall–Kier alpha value is -1.61. The summed E-state index contributed by atoms with van der Waals surface area (Å²) in [5.41, 5.74) is -2.34. The van der Waals surface area contributed by atoms with Crippen LogP contribution in [0.4, 0.5) is 14.5 Å². The van der Waals surface area contributed by atoms with Crippen LogP contribution in [0.3, 0.4) is 0 Å². The number of carbonyl (C=O) groups excluding carboxylic acids is 1. The lowest BCUT2D eigenvalue weighted by Crippen LogP contribution is -2.38. The van der Waals surface area contributed by atoms with Crippen LogP contribution >= 0.6 is 22.6 Å². The Morgan fingerprint density at radius 3 is 2.73 bits per heavy atom. The molecule has 0 bridgehead atoms. The lowest BCUT2D eigenvalue weighted by Gasteiger charge is -2.25. The second-order valence-corrected chi connectivity index (χ2v) is 6.39. The summed E-state index contributed by atoms with van der Waals surface area (Å²) in [5, 5.41) is 13.5. The molecule has 1 unspecified atom stereocenters. The van der Waals surface area contributed by atoms with Crippen molar-refractivity contribution < 1.29 is 18.7 Å². The van der Waals surface area contributed by atoms with Crippen LogP contribution in [-0.4, -0.2) is 16.0 Å². The van der Waals surface area contributed by atoms with E-state index < -0.39 is 23.1 Å². The first-order chi connectivity index (χ1) is 10.2. The van der Waals surface area contributed by atoms with Gasteiger partial charge >= 0.3 is 0 Å². The first-order valence-corrected chi connectivity index (χ1v) is 7.50. The number of halogens is 3. The molecule has 3 rings (SSSR count). The maximum absolute atomic E-state index is 13.8. The molecule has 0 aliphatic carbocycles. The zero-order valence-electron chi connectivity index (χ0n) is 11.4. The van der Waals surface area contributed by atoms with Crippen LogP contribution in [0.5, 0.6) is 0 Å². The largest absolute Gasteiger partial charge is 0.372 e. The molecule has 114 valence electrons. The van der Waals surface area contributed by atoms with E-state index >= 15 is 0 Å². The van der Waals surface area contributed by atoms with Gasteiger partial charge in [0.1, 0.15) is 5.69 Å². The Kier molecular flexibility index (Phi) is 3.44. The zero-order valence-corrected chi connectivity index (χ0v) is 13.6. The van der Waals surface area contributed by atoms with Gasteiger partial charge in [0.25, 0.3) is 11.8 Å². The molecule has 2 N–H and O–H groups in total. The van der Waals surface area contributed by atoms with Gasteiger partial charge in [-0.05, 0) is 46.9 Å². The second kappa shape index (κ2) is 4.95. The highest BCUT2D eigenvalue weighted by atomic mass is 127. The van der Waals surface area contributed by atoms with E-state index in [1.54, 1.807) is 18.2 Å². The van der Waals surface area contributed by atoms with Gasteiger partial charge in [0.2, 0.25) is 0 Å². The molecule has 1 atom stereocenters. The highest BCUT2D eigenvalue weighted by Crippen LogP contribution is 2.44. The van der Waals surface area contributed by atoms with Gasteiger partial charge in [0.05, 0.1) is 0 Å². The van der Waals surface area contributed by atoms with Crippen molar-refractivity contribution in [3.05, 3.63) is 56.9 Å². The summed E-state index contributed by atoms with van der Waals surface area (Å²) in [7, 11) is 0. The molecule has 7 heteroatoms. The fraction of sp³-hybridized carbons (Fsp3) is 0.200. The van der Waals surface area contributed by atoms with Crippen molar-refractivity contribution in [1.29, 1.82) is 0 Å². The third-order valence-electron chi connectivity index (χ3n) is 3.56. The van der Waals surface area contributed by atoms with Gasteiger partial charge in [0.15, 0.2) is 5.60 Å². The van der Waals surface area contributed by atoms with Gasteiger partial charge < -0.3 is 10.4 Å². The molecule has 1 amide bonds. The van der Waals surface area contributed by atoms with Gasteiger partial charge in [-0.1, -0.05) is 6.07 Å². The van der Waals surface area contributed by atoms with Crippen molar-refractivity contribution in [2.75, 3.05) is 5.32 Å². The van der Waals surface area contributed by atoms with Crippen molar-refractivity contribution in [3.63, 3.8) is 0 Å². The van der Waals surface area contributed by atoms with Gasteiger partial charge in [-0.25, -0.2) is 0 Å². The zero-order chi connectivity index (χ0) is 16.1. The first-order valence-electron chi connectivity index (χ1n) is 6.42. The smallest absolute Gasteiger partial charge is 0.287 e. The normalized spacial score (nSPS) is 20.7. The molecule has 0 saturated carbocycles. The summed E-state index contributed by atoms with van der Waals surface area (Å²) < 4.78 is 28.4. The van der Waals surface area contributed by atoms with Crippen LogP contribution in [0, 0.1) is 3.57 Å². The maximum atomic E-state index is 13.8. The second-order valence-electron chi connectivity index (χ2n) is 5.14. The number of pyridine rings is 1. The molecule has 0 spiro atoms. The molecule has 1 aliphatic rings. The number of hydrogen-bond acceptors (Lipinski definition) is 3. The van der Waals surface area contributed by atoms with E-state index in [2.05, 4.69) is 10.3 Å². The van der Waals surface area contributed by atoms with Crippen molar-refractivity contribution >= 4 is 34.2 Å². The van der Waals surface area contributed by atoms with Crippen molar-refractivity contribution in [2.24, 2.45) is 0 Å². The summed E-state index contributed by atoms with van der Waals surface area (Å²) >= 11 is 2.03. The van der Waals surface area contributed by atoms with Crippen LogP contribution in [0.2, 0.25) is 0 Å². The van der Waals surface area contributed by atoms with Gasteiger partial charge in [-0.15, -0.1) is 0 Å². The standard InChI is InChI=1S/C15H11F2IN2O2/c1-14(16,17)12-9(3-2-6-19-12)15(22)10-7-8(18)4-5-11(10)20-13(15)21/h2-7,22H,1H3,(H,20,21). The quantitative estimate of drug-likeness (QED) is 0.741. The average Bonchev–Trinajstić information content (AvgIpc) is 2.71. The number of fused-ring (bicyclic) bond motifs is 1. The highest BCUT2D eigenvalue weighted by molar-refractivity contribution is 14.1. The van der Waals surface area contributed by atoms with E-state index in [1.165, 1.54) is 18.3 Å². The highest BCUT2D eigenvalue weighted by Gasteiger charge is 2.50. The summed E-state index contributed by atoms with van der Waals surface area (Å²) in [4.78, 5) is 16.0. The summed E-state index contributed by atoms with van der Waals surface area (Å²) in [5.74, 6) is -4.04. The molecular formula is C15H11F2IN2O2. The molecule has 1 aromatic carbocycles. The van der Waals surface area contributed by atoms with E-state index in [9.17, 15) is 18.7 Å². The fourth-order valence-corrected chi connectivity index (χ4v) is 3.07. The van der Waals surface area contributed by atoms with E-state index in [-0.39, 0.29) is 11.1 Å². The van der Waals surface area contributed by atoms with Crippen molar-refractivity contribution in [2.45, 2.75) is 18.4 Å². The van der Waals surface area contributed by atoms with E-state index in [1.807, 2.05) is 22.6 Å². The van der Waals surface area contributed by atoms with Crippen LogP contribution < -0.4 is 5.32 Å². The first kappa shape index (κ1) is 15.3. The van der Waals surface area contributed by atoms with E-state index in [4.69, 9.17) is 0 Å². The molecular weight excluding hydrogens is 405 g/mol. The van der Waals surface area contributed by atoms with Crippen molar-refractivity contribution in [1.82, 2.24) is 4.98 Å². The molecule has 0 saturated heterocycles. The Labute approximate surface area is 138 Å². The number of nitrogens with one attached hydrogen (secondary N) is 1. The minimum atomic E-state index is -3.28. The Bertz CT molecular complexity index is 776. The molecule has 22 heavy (non-hydrogen) atoms. The molecule has 2 heterocycles. The Morgan fingerprint density at radius 2 is 2.05 bits per heavy atom. The number of alkyl halides is 2. The predicted molar refractivity (Wildman–Crippen MR) is 84.6 cm³/mol. The average molecular weight is 416 g/mol. The molecule has 0 radical (unpaired) electrons. The molecule has 1 aliphatic heterocycles. The number of benzene rings is 1. The van der Waals surface area contributed by atoms with Crippen LogP contribution in [-0.2, 0) is 16.3 Å². The van der Waals surface area contributed by atoms with E-state index in [0.717, 1.165) is 3.57 Å². The Balaban J connectivity index is 2.29. The van der Waals surface area contributed by atoms with Gasteiger partial charge in [-0.3, -0.25) is 9.78 Å². The number of anilines is 1. The fourth-order valence-electron chi connectivity index (χ4n) is 2.57. The minimum Gasteiger partial charge on any atom is -0.372 e. The number of nitrogens with zero attached hydrogens (tertiary/aromatic N) is 1. The lowest BCUT2D eigenvalue weighted by atomic mass is 9.85. The number of amides is 1. The van der Waals surface area contributed by atoms with Crippen LogP contribution in [0.15, 0.2) is 36.5 Å². The number of rotatable bonds is 2. The van der Waals surface area contributed by atoms with Crippen LogP contribution in [0.25, 0.3) is 0 Å². The van der Waals surface area contributed by atoms with Gasteiger partial charge in [0, 0.05) is 33.5 Å². The third-order valence-corrected chi connectivity index (χ3v) is 4.23. The molecule has 4 nitrogen and oxygen atoms in total. The molecule has 2 aromatic rings. The number of carbonyl (C=O) groups is 1. The predicted octanol–water partition coefficient (Wildman–Crippen LogP) is 2.99. The summed E-state index contributed by atoms with van der Waals surface area (Å²) in [6.45, 7) is 0.685. The number of aliphatic hydroxyl groups is 1. The Morgan fingerprint density at radius 1 is 1.32 bits per heavy atom. The molecule has 1 aromatic heterocycles. The lowest BCUT2D eigenvalue weighted by molar-refractivity contribution is -0.130. The SMILES string of the molecule is CC(F)(F)c1ncccc1C1(O)C(=O)Nc2ccc(I)cc21.